The molecule has 6 nitrogen and oxygen atoms in total. The molecule has 0 aliphatic heterocycles. The standard InChI is InChI=1S/C23H13ClF3N5O/c24-14-3-5-15(6-4-14)32-21-16(7-8-18(31-21)23(25,26)27)20(28)19(22(32)33)12-1-2-13-10-29-11-30-17(13)9-12/h1-11H,28H2. The molecule has 5 rings (SSSR count). The van der Waals surface area contributed by atoms with Crippen molar-refractivity contribution in [2.24, 2.45) is 0 Å². The second kappa shape index (κ2) is 7.56. The molecule has 0 radical (unpaired) electrons. The minimum absolute atomic E-state index is 0.0230. The van der Waals surface area contributed by atoms with Gasteiger partial charge in [0.15, 0.2) is 0 Å². The fraction of sp³-hybridized carbons (Fsp3) is 0.0435. The highest BCUT2D eigenvalue weighted by molar-refractivity contribution is 6.30. The Morgan fingerprint density at radius 3 is 2.48 bits per heavy atom. The van der Waals surface area contributed by atoms with Crippen LogP contribution in [0.3, 0.4) is 0 Å². The first-order chi connectivity index (χ1) is 15.7. The minimum atomic E-state index is -4.69. The summed E-state index contributed by atoms with van der Waals surface area (Å²) in [6.07, 6.45) is -1.69. The molecule has 2 aromatic carbocycles. The van der Waals surface area contributed by atoms with Crippen molar-refractivity contribution in [2.45, 2.75) is 6.18 Å². The fourth-order valence-electron chi connectivity index (χ4n) is 3.68. The average molecular weight is 468 g/mol. The molecule has 0 bridgehead atoms. The van der Waals surface area contributed by atoms with Gasteiger partial charge in [-0.2, -0.15) is 13.2 Å². The second-order valence-corrected chi connectivity index (χ2v) is 7.70. The van der Waals surface area contributed by atoms with Crippen LogP contribution in [0.1, 0.15) is 5.69 Å². The number of hydrogen-bond acceptors (Lipinski definition) is 5. The molecule has 0 fully saturated rings. The summed E-state index contributed by atoms with van der Waals surface area (Å²) >= 11 is 5.97. The van der Waals surface area contributed by atoms with Gasteiger partial charge in [0.2, 0.25) is 0 Å². The van der Waals surface area contributed by atoms with E-state index in [0.717, 1.165) is 16.0 Å². The Morgan fingerprint density at radius 1 is 1.00 bits per heavy atom. The number of halogens is 4. The van der Waals surface area contributed by atoms with Crippen molar-refractivity contribution in [1.29, 1.82) is 0 Å². The van der Waals surface area contributed by atoms with Gasteiger partial charge in [-0.25, -0.2) is 15.0 Å². The molecule has 10 heteroatoms. The van der Waals surface area contributed by atoms with Crippen LogP contribution in [-0.4, -0.2) is 19.5 Å². The third-order valence-electron chi connectivity index (χ3n) is 5.23. The number of benzene rings is 2. The van der Waals surface area contributed by atoms with E-state index in [4.69, 9.17) is 17.3 Å². The maximum Gasteiger partial charge on any atom is 0.433 e. The van der Waals surface area contributed by atoms with E-state index in [1.165, 1.54) is 36.7 Å². The molecule has 0 atom stereocenters. The van der Waals surface area contributed by atoms with E-state index in [1.54, 1.807) is 24.4 Å². The summed E-state index contributed by atoms with van der Waals surface area (Å²) in [5, 5.41) is 1.37. The number of nitrogens with zero attached hydrogens (tertiary/aromatic N) is 4. The predicted molar refractivity (Wildman–Crippen MR) is 120 cm³/mol. The number of nitrogen functional groups attached to an aromatic ring is 1. The number of fused-ring (bicyclic) bond motifs is 2. The van der Waals surface area contributed by atoms with Gasteiger partial charge in [-0.05, 0) is 48.0 Å². The molecule has 3 heterocycles. The topological polar surface area (TPSA) is 86.7 Å². The highest BCUT2D eigenvalue weighted by Gasteiger charge is 2.33. The van der Waals surface area contributed by atoms with Crippen molar-refractivity contribution in [2.75, 3.05) is 5.73 Å². The van der Waals surface area contributed by atoms with Gasteiger partial charge in [0.1, 0.15) is 17.7 Å². The first kappa shape index (κ1) is 20.9. The Morgan fingerprint density at radius 2 is 1.76 bits per heavy atom. The number of nitrogens with two attached hydrogens (primary N) is 1. The van der Waals surface area contributed by atoms with Crippen molar-refractivity contribution in [3.05, 3.63) is 88.2 Å². The smallest absolute Gasteiger partial charge is 0.397 e. The van der Waals surface area contributed by atoms with E-state index in [-0.39, 0.29) is 22.3 Å². The van der Waals surface area contributed by atoms with Crippen LogP contribution in [0.25, 0.3) is 38.8 Å². The third kappa shape index (κ3) is 3.56. The molecular formula is C23H13ClF3N5O. The molecule has 0 saturated heterocycles. The van der Waals surface area contributed by atoms with Crippen LogP contribution in [0.4, 0.5) is 18.9 Å². The number of pyridine rings is 2. The van der Waals surface area contributed by atoms with E-state index in [0.29, 0.717) is 21.8 Å². The van der Waals surface area contributed by atoms with E-state index in [2.05, 4.69) is 15.0 Å². The zero-order valence-electron chi connectivity index (χ0n) is 16.6. The highest BCUT2D eigenvalue weighted by Crippen LogP contribution is 2.34. The fourth-order valence-corrected chi connectivity index (χ4v) is 3.81. The van der Waals surface area contributed by atoms with Gasteiger partial charge in [-0.1, -0.05) is 23.7 Å². The van der Waals surface area contributed by atoms with Crippen LogP contribution < -0.4 is 11.3 Å². The first-order valence-electron chi connectivity index (χ1n) is 9.62. The molecule has 0 spiro atoms. The molecular weight excluding hydrogens is 455 g/mol. The summed E-state index contributed by atoms with van der Waals surface area (Å²) in [5.41, 5.74) is 5.87. The molecule has 0 saturated carbocycles. The monoisotopic (exact) mass is 467 g/mol. The zero-order chi connectivity index (χ0) is 23.3. The number of alkyl halides is 3. The van der Waals surface area contributed by atoms with Crippen molar-refractivity contribution in [3.63, 3.8) is 0 Å². The van der Waals surface area contributed by atoms with Crippen molar-refractivity contribution in [3.8, 4) is 16.8 Å². The van der Waals surface area contributed by atoms with Gasteiger partial charge in [0, 0.05) is 22.0 Å². The Kier molecular flexibility index (Phi) is 4.79. The predicted octanol–water partition coefficient (Wildman–Crippen LogP) is 5.25. The van der Waals surface area contributed by atoms with E-state index in [1.807, 2.05) is 0 Å². The van der Waals surface area contributed by atoms with Crippen LogP contribution in [0.15, 0.2) is 71.9 Å². The lowest BCUT2D eigenvalue weighted by Crippen LogP contribution is -2.24. The Hall–Kier alpha value is -3.98. The molecule has 33 heavy (non-hydrogen) atoms. The number of hydrogen-bond donors (Lipinski definition) is 1. The van der Waals surface area contributed by atoms with Crippen molar-refractivity contribution >= 4 is 39.2 Å². The maximum absolute atomic E-state index is 13.7. The lowest BCUT2D eigenvalue weighted by Gasteiger charge is -2.17. The number of anilines is 1. The Bertz CT molecular complexity index is 1600. The molecule has 0 amide bonds. The van der Waals surface area contributed by atoms with Crippen molar-refractivity contribution < 1.29 is 13.2 Å². The van der Waals surface area contributed by atoms with Crippen molar-refractivity contribution in [1.82, 2.24) is 19.5 Å². The normalized spacial score (nSPS) is 11.9. The molecule has 2 N–H and O–H groups in total. The quantitative estimate of drug-likeness (QED) is 0.383. The molecule has 0 aliphatic carbocycles. The lowest BCUT2D eigenvalue weighted by molar-refractivity contribution is -0.141. The highest BCUT2D eigenvalue weighted by atomic mass is 35.5. The summed E-state index contributed by atoms with van der Waals surface area (Å²) < 4.78 is 41.3. The van der Waals surface area contributed by atoms with Gasteiger partial charge in [-0.15, -0.1) is 0 Å². The summed E-state index contributed by atoms with van der Waals surface area (Å²) in [6.45, 7) is 0. The van der Waals surface area contributed by atoms with Crippen LogP contribution in [0.2, 0.25) is 5.02 Å². The van der Waals surface area contributed by atoms with Gasteiger partial charge in [0.05, 0.1) is 22.5 Å². The number of aromatic nitrogens is 4. The van der Waals surface area contributed by atoms with Gasteiger partial charge in [0.25, 0.3) is 5.56 Å². The SMILES string of the molecule is Nc1c(-c2ccc3cncnc3c2)c(=O)n(-c2ccc(Cl)cc2)c2nc(C(F)(F)F)ccc12. The van der Waals surface area contributed by atoms with E-state index >= 15 is 0 Å². The largest absolute Gasteiger partial charge is 0.433 e. The van der Waals surface area contributed by atoms with Gasteiger partial charge in [-0.3, -0.25) is 9.36 Å². The zero-order valence-corrected chi connectivity index (χ0v) is 17.4. The minimum Gasteiger partial charge on any atom is -0.397 e. The first-order valence-corrected chi connectivity index (χ1v) is 10.0. The molecule has 3 aromatic heterocycles. The average Bonchev–Trinajstić information content (AvgIpc) is 2.79. The second-order valence-electron chi connectivity index (χ2n) is 7.27. The molecule has 0 unspecified atom stereocenters. The summed E-state index contributed by atoms with van der Waals surface area (Å²) in [4.78, 5) is 25.6. The number of rotatable bonds is 2. The third-order valence-corrected chi connectivity index (χ3v) is 5.49. The summed E-state index contributed by atoms with van der Waals surface area (Å²) in [6, 6.07) is 13.3. The van der Waals surface area contributed by atoms with Gasteiger partial charge < -0.3 is 5.73 Å². The Labute approximate surface area is 189 Å². The van der Waals surface area contributed by atoms with E-state index < -0.39 is 17.4 Å². The summed E-state index contributed by atoms with van der Waals surface area (Å²) in [5.74, 6) is 0. The van der Waals surface area contributed by atoms with Gasteiger partial charge >= 0.3 is 6.18 Å². The van der Waals surface area contributed by atoms with E-state index in [9.17, 15) is 18.0 Å². The van der Waals surface area contributed by atoms with Crippen LogP contribution in [0.5, 0.6) is 0 Å². The van der Waals surface area contributed by atoms with Crippen LogP contribution in [-0.2, 0) is 6.18 Å². The molecule has 5 aromatic rings. The summed E-state index contributed by atoms with van der Waals surface area (Å²) in [7, 11) is 0. The molecule has 0 aliphatic rings. The maximum atomic E-state index is 13.7. The lowest BCUT2D eigenvalue weighted by atomic mass is 10.0. The van der Waals surface area contributed by atoms with Crippen LogP contribution >= 0.6 is 11.6 Å². The Balaban J connectivity index is 1.89. The molecule has 164 valence electrons. The van der Waals surface area contributed by atoms with Crippen LogP contribution in [0, 0.1) is 0 Å².